The van der Waals surface area contributed by atoms with E-state index in [9.17, 15) is 4.39 Å². The topological polar surface area (TPSA) is 12.0 Å². The fourth-order valence-electron chi connectivity index (χ4n) is 2.05. The number of benzene rings is 1. The van der Waals surface area contributed by atoms with Crippen molar-refractivity contribution in [1.29, 1.82) is 0 Å². The Bertz CT molecular complexity index is 347. The predicted octanol–water partition coefficient (Wildman–Crippen LogP) is 4.22. The van der Waals surface area contributed by atoms with Crippen LogP contribution in [0, 0.1) is 18.7 Å². The molecule has 1 N–H and O–H groups in total. The summed E-state index contributed by atoms with van der Waals surface area (Å²) in [6.07, 6.45) is 2.04. The monoisotopic (exact) mass is 237 g/mol. The molecule has 0 amide bonds. The largest absolute Gasteiger partial charge is 0.310 e. The summed E-state index contributed by atoms with van der Waals surface area (Å²) >= 11 is 0. The molecule has 0 saturated heterocycles. The molecule has 17 heavy (non-hydrogen) atoms. The van der Waals surface area contributed by atoms with Gasteiger partial charge in [-0.2, -0.15) is 0 Å². The summed E-state index contributed by atoms with van der Waals surface area (Å²) < 4.78 is 14.1. The van der Waals surface area contributed by atoms with Crippen LogP contribution < -0.4 is 5.32 Å². The first-order valence-corrected chi connectivity index (χ1v) is 6.54. The summed E-state index contributed by atoms with van der Waals surface area (Å²) in [4.78, 5) is 0. The normalized spacial score (nSPS) is 13.1. The van der Waals surface area contributed by atoms with Crippen LogP contribution in [-0.4, -0.2) is 6.54 Å². The maximum atomic E-state index is 14.1. The Hall–Kier alpha value is -0.890. The Balaban J connectivity index is 2.90. The van der Waals surface area contributed by atoms with Crippen LogP contribution in [0.2, 0.25) is 0 Å². The lowest BCUT2D eigenvalue weighted by Crippen LogP contribution is -2.24. The Morgan fingerprint density at radius 2 is 2.00 bits per heavy atom. The number of hydrogen-bond donors (Lipinski definition) is 1. The second-order valence-electron chi connectivity index (χ2n) is 5.11. The Kier molecular flexibility index (Phi) is 5.63. The Labute approximate surface area is 104 Å². The summed E-state index contributed by atoms with van der Waals surface area (Å²) in [6, 6.07) is 5.80. The second kappa shape index (κ2) is 6.75. The first-order chi connectivity index (χ1) is 8.06. The zero-order valence-corrected chi connectivity index (χ0v) is 11.4. The van der Waals surface area contributed by atoms with E-state index < -0.39 is 0 Å². The van der Waals surface area contributed by atoms with Gasteiger partial charge in [0.2, 0.25) is 0 Å². The van der Waals surface area contributed by atoms with Crippen LogP contribution in [-0.2, 0) is 0 Å². The van der Waals surface area contributed by atoms with Gasteiger partial charge in [-0.15, -0.1) is 0 Å². The first-order valence-electron chi connectivity index (χ1n) is 6.54. The molecule has 0 fully saturated rings. The van der Waals surface area contributed by atoms with Crippen LogP contribution in [0.3, 0.4) is 0 Å². The maximum Gasteiger partial charge on any atom is 0.130 e. The SMILES string of the molecule is CCCNC(CC(C)C)c1cccc(C)c1F. The molecule has 96 valence electrons. The molecular formula is C15H24FN. The highest BCUT2D eigenvalue weighted by atomic mass is 19.1. The Morgan fingerprint density at radius 1 is 1.29 bits per heavy atom. The lowest BCUT2D eigenvalue weighted by Gasteiger charge is -2.22. The van der Waals surface area contributed by atoms with E-state index >= 15 is 0 Å². The van der Waals surface area contributed by atoms with Crippen LogP contribution in [0.25, 0.3) is 0 Å². The fourth-order valence-corrected chi connectivity index (χ4v) is 2.05. The van der Waals surface area contributed by atoms with Gasteiger partial charge in [-0.25, -0.2) is 4.39 Å². The van der Waals surface area contributed by atoms with E-state index in [-0.39, 0.29) is 11.9 Å². The second-order valence-corrected chi connectivity index (χ2v) is 5.11. The van der Waals surface area contributed by atoms with Crippen LogP contribution >= 0.6 is 0 Å². The van der Waals surface area contributed by atoms with E-state index in [4.69, 9.17) is 0 Å². The number of nitrogens with one attached hydrogen (secondary N) is 1. The minimum atomic E-state index is -0.0539. The summed E-state index contributed by atoms with van der Waals surface area (Å²) in [5.74, 6) is 0.506. The van der Waals surface area contributed by atoms with Gasteiger partial charge in [0.05, 0.1) is 0 Å². The summed E-state index contributed by atoms with van der Waals surface area (Å²) in [7, 11) is 0. The third-order valence-corrected chi connectivity index (χ3v) is 2.94. The smallest absolute Gasteiger partial charge is 0.130 e. The molecule has 0 heterocycles. The van der Waals surface area contributed by atoms with Crippen LogP contribution in [0.5, 0.6) is 0 Å². The average molecular weight is 237 g/mol. The molecule has 1 aromatic carbocycles. The van der Waals surface area contributed by atoms with Crippen LogP contribution in [0.1, 0.15) is 50.8 Å². The molecule has 1 rings (SSSR count). The van der Waals surface area contributed by atoms with Crippen molar-refractivity contribution in [2.75, 3.05) is 6.54 Å². The summed E-state index contributed by atoms with van der Waals surface area (Å²) in [6.45, 7) is 9.24. The van der Waals surface area contributed by atoms with Crippen molar-refractivity contribution in [3.63, 3.8) is 0 Å². The molecule has 0 aliphatic heterocycles. The van der Waals surface area contributed by atoms with Gasteiger partial charge in [-0.05, 0) is 37.8 Å². The third-order valence-electron chi connectivity index (χ3n) is 2.94. The molecule has 0 radical (unpaired) electrons. The van der Waals surface area contributed by atoms with Gasteiger partial charge in [0.1, 0.15) is 5.82 Å². The minimum Gasteiger partial charge on any atom is -0.310 e. The quantitative estimate of drug-likeness (QED) is 0.781. The highest BCUT2D eigenvalue weighted by molar-refractivity contribution is 5.27. The van der Waals surface area contributed by atoms with Gasteiger partial charge in [-0.3, -0.25) is 0 Å². The van der Waals surface area contributed by atoms with Gasteiger partial charge < -0.3 is 5.32 Å². The molecule has 0 spiro atoms. The van der Waals surface area contributed by atoms with Crippen molar-refractivity contribution in [2.24, 2.45) is 5.92 Å². The Morgan fingerprint density at radius 3 is 2.59 bits per heavy atom. The number of hydrogen-bond acceptors (Lipinski definition) is 1. The average Bonchev–Trinajstić information content (AvgIpc) is 2.28. The van der Waals surface area contributed by atoms with E-state index in [1.165, 1.54) is 0 Å². The third kappa shape index (κ3) is 4.12. The molecular weight excluding hydrogens is 213 g/mol. The number of aryl methyl sites for hydroxylation is 1. The van der Waals surface area contributed by atoms with Gasteiger partial charge in [0.25, 0.3) is 0 Å². The molecule has 0 aliphatic carbocycles. The van der Waals surface area contributed by atoms with Gasteiger partial charge in [-0.1, -0.05) is 39.0 Å². The van der Waals surface area contributed by atoms with Gasteiger partial charge >= 0.3 is 0 Å². The van der Waals surface area contributed by atoms with Crippen molar-refractivity contribution >= 4 is 0 Å². The molecule has 1 nitrogen and oxygen atoms in total. The van der Waals surface area contributed by atoms with Crippen molar-refractivity contribution in [3.8, 4) is 0 Å². The summed E-state index contributed by atoms with van der Waals surface area (Å²) in [5, 5.41) is 3.45. The predicted molar refractivity (Wildman–Crippen MR) is 71.6 cm³/mol. The minimum absolute atomic E-state index is 0.0539. The molecule has 2 heteroatoms. The summed E-state index contributed by atoms with van der Waals surface area (Å²) in [5.41, 5.74) is 1.54. The van der Waals surface area contributed by atoms with Gasteiger partial charge in [0.15, 0.2) is 0 Å². The highest BCUT2D eigenvalue weighted by Gasteiger charge is 2.17. The lowest BCUT2D eigenvalue weighted by atomic mass is 9.95. The molecule has 0 aromatic heterocycles. The number of rotatable bonds is 6. The van der Waals surface area contributed by atoms with E-state index in [2.05, 4.69) is 26.1 Å². The van der Waals surface area contributed by atoms with E-state index in [1.54, 1.807) is 0 Å². The lowest BCUT2D eigenvalue weighted by molar-refractivity contribution is 0.415. The molecule has 0 aliphatic rings. The van der Waals surface area contributed by atoms with Crippen molar-refractivity contribution < 1.29 is 4.39 Å². The fraction of sp³-hybridized carbons (Fsp3) is 0.600. The van der Waals surface area contributed by atoms with E-state index in [0.29, 0.717) is 5.92 Å². The molecule has 0 saturated carbocycles. The zero-order valence-electron chi connectivity index (χ0n) is 11.4. The van der Waals surface area contributed by atoms with Crippen molar-refractivity contribution in [2.45, 2.75) is 46.6 Å². The van der Waals surface area contributed by atoms with Crippen LogP contribution in [0.4, 0.5) is 4.39 Å². The molecule has 1 atom stereocenters. The van der Waals surface area contributed by atoms with E-state index in [0.717, 1.165) is 30.5 Å². The van der Waals surface area contributed by atoms with Crippen molar-refractivity contribution in [3.05, 3.63) is 35.1 Å². The zero-order chi connectivity index (χ0) is 12.8. The van der Waals surface area contributed by atoms with Crippen molar-refractivity contribution in [1.82, 2.24) is 5.32 Å². The van der Waals surface area contributed by atoms with Crippen LogP contribution in [0.15, 0.2) is 18.2 Å². The molecule has 0 bridgehead atoms. The van der Waals surface area contributed by atoms with E-state index in [1.807, 2.05) is 25.1 Å². The first kappa shape index (κ1) is 14.2. The standard InChI is InChI=1S/C15H24FN/c1-5-9-17-14(10-11(2)3)13-8-6-7-12(4)15(13)16/h6-8,11,14,17H,5,9-10H2,1-4H3. The molecule has 1 aromatic rings. The highest BCUT2D eigenvalue weighted by Crippen LogP contribution is 2.25. The van der Waals surface area contributed by atoms with Gasteiger partial charge in [0, 0.05) is 11.6 Å². The maximum absolute atomic E-state index is 14.1. The molecule has 1 unspecified atom stereocenters. The number of halogens is 1.